The van der Waals surface area contributed by atoms with E-state index in [1.807, 2.05) is 26.0 Å². The van der Waals surface area contributed by atoms with Crippen molar-refractivity contribution in [3.8, 4) is 11.6 Å². The summed E-state index contributed by atoms with van der Waals surface area (Å²) in [5.74, 6) is 0.293. The molecule has 0 unspecified atom stereocenters. The lowest BCUT2D eigenvalue weighted by atomic mass is 9.79. The number of rotatable bonds is 4. The number of fused-ring (bicyclic) bond motifs is 1. The summed E-state index contributed by atoms with van der Waals surface area (Å²) in [6.07, 6.45) is 3.38. The van der Waals surface area contributed by atoms with Gasteiger partial charge in [-0.1, -0.05) is 32.4 Å². The number of nitrogens with zero attached hydrogens (tertiary/aromatic N) is 1. The van der Waals surface area contributed by atoms with Crippen LogP contribution in [0.2, 0.25) is 0 Å². The number of hydrogen-bond donors (Lipinski definition) is 1. The molecule has 0 radical (unpaired) electrons. The van der Waals surface area contributed by atoms with Gasteiger partial charge in [0, 0.05) is 5.39 Å². The van der Waals surface area contributed by atoms with Crippen LogP contribution in [0.1, 0.15) is 61.9 Å². The summed E-state index contributed by atoms with van der Waals surface area (Å²) in [4.78, 5) is 16.3. The van der Waals surface area contributed by atoms with E-state index in [4.69, 9.17) is 9.47 Å². The van der Waals surface area contributed by atoms with Crippen molar-refractivity contribution < 1.29 is 19.4 Å². The second-order valence-corrected chi connectivity index (χ2v) is 5.47. The molecule has 24 heavy (non-hydrogen) atoms. The third-order valence-corrected chi connectivity index (χ3v) is 4.19. The number of aromatic nitrogens is 1. The van der Waals surface area contributed by atoms with E-state index >= 15 is 0 Å². The first-order valence-electron chi connectivity index (χ1n) is 8.53. The molecule has 130 valence electrons. The lowest BCUT2D eigenvalue weighted by Crippen LogP contribution is -2.10. The van der Waals surface area contributed by atoms with Crippen molar-refractivity contribution in [3.63, 3.8) is 0 Å². The number of methoxy groups -OCH3 is 1. The van der Waals surface area contributed by atoms with Crippen molar-refractivity contribution in [1.29, 1.82) is 0 Å². The molecule has 0 amide bonds. The Kier molecular flexibility index (Phi) is 6.01. The molecule has 3 rings (SSSR count). The van der Waals surface area contributed by atoms with E-state index in [0.29, 0.717) is 16.8 Å². The third kappa shape index (κ3) is 3.30. The minimum Gasteiger partial charge on any atom is -0.505 e. The fourth-order valence-electron chi connectivity index (χ4n) is 2.78. The second-order valence-electron chi connectivity index (χ2n) is 5.47. The minimum atomic E-state index is -0.476. The molecular weight excluding hydrogens is 306 g/mol. The molecule has 2 aromatic rings. The maximum atomic E-state index is 12.0. The van der Waals surface area contributed by atoms with Crippen LogP contribution in [-0.2, 0) is 4.74 Å². The Balaban J connectivity index is 0.00000100. The van der Waals surface area contributed by atoms with Crippen LogP contribution in [0.25, 0.3) is 10.9 Å². The fourth-order valence-corrected chi connectivity index (χ4v) is 2.78. The predicted molar refractivity (Wildman–Crippen MR) is 93.9 cm³/mol. The van der Waals surface area contributed by atoms with Gasteiger partial charge in [-0.05, 0) is 37.3 Å². The van der Waals surface area contributed by atoms with Crippen molar-refractivity contribution in [3.05, 3.63) is 29.3 Å². The molecule has 0 atom stereocenters. The van der Waals surface area contributed by atoms with Gasteiger partial charge in [0.1, 0.15) is 16.8 Å². The number of pyridine rings is 1. The van der Waals surface area contributed by atoms with Crippen LogP contribution in [-0.4, -0.2) is 29.8 Å². The molecule has 1 fully saturated rings. The van der Waals surface area contributed by atoms with Crippen LogP contribution in [0.3, 0.4) is 0 Å². The number of phenols is 1. The number of carbonyl (C=O) groups excluding carboxylic acids is 1. The van der Waals surface area contributed by atoms with Crippen LogP contribution in [0, 0.1) is 0 Å². The zero-order chi connectivity index (χ0) is 17.7. The maximum absolute atomic E-state index is 12.0. The molecule has 1 aliphatic carbocycles. The fraction of sp³-hybridized carbons (Fsp3) is 0.474. The molecule has 1 aliphatic rings. The van der Waals surface area contributed by atoms with E-state index in [9.17, 15) is 9.90 Å². The standard InChI is InChI=1S/C17H19NO4.C2H6/c1-3-22-17(20)13-9-11-7-8-12(10-5-4-6-10)15(19)14(11)18-16(13)21-2;1-2/h7-10,19H,3-6H2,1-2H3;1-2H3. The highest BCUT2D eigenvalue weighted by Gasteiger charge is 2.25. The molecule has 1 heterocycles. The quantitative estimate of drug-likeness (QED) is 0.840. The molecule has 1 saturated carbocycles. The van der Waals surface area contributed by atoms with Gasteiger partial charge < -0.3 is 14.6 Å². The maximum Gasteiger partial charge on any atom is 0.343 e. The number of phenolic OH excluding ortho intramolecular Hbond substituents is 1. The third-order valence-electron chi connectivity index (χ3n) is 4.19. The summed E-state index contributed by atoms with van der Waals surface area (Å²) in [7, 11) is 1.45. The molecule has 1 N–H and O–H groups in total. The number of esters is 1. The van der Waals surface area contributed by atoms with Crippen molar-refractivity contribution in [2.24, 2.45) is 0 Å². The summed E-state index contributed by atoms with van der Waals surface area (Å²) in [5.41, 5.74) is 1.67. The number of hydrogen-bond acceptors (Lipinski definition) is 5. The topological polar surface area (TPSA) is 68.7 Å². The molecule has 0 aliphatic heterocycles. The summed E-state index contributed by atoms with van der Waals surface area (Å²) in [5, 5.41) is 11.2. The summed E-state index contributed by atoms with van der Waals surface area (Å²) in [6, 6.07) is 5.46. The lowest BCUT2D eigenvalue weighted by Gasteiger charge is -2.26. The monoisotopic (exact) mass is 331 g/mol. The van der Waals surface area contributed by atoms with Crippen LogP contribution < -0.4 is 4.74 Å². The average molecular weight is 331 g/mol. The van der Waals surface area contributed by atoms with Gasteiger partial charge in [-0.2, -0.15) is 0 Å². The van der Waals surface area contributed by atoms with E-state index < -0.39 is 5.97 Å². The van der Waals surface area contributed by atoms with Gasteiger partial charge in [-0.3, -0.25) is 0 Å². The first kappa shape index (κ1) is 18.0. The Morgan fingerprint density at radius 2 is 2.04 bits per heavy atom. The highest BCUT2D eigenvalue weighted by molar-refractivity contribution is 5.98. The van der Waals surface area contributed by atoms with Gasteiger partial charge in [0.2, 0.25) is 5.88 Å². The smallest absolute Gasteiger partial charge is 0.343 e. The Bertz CT molecular complexity index is 723. The predicted octanol–water partition coefficient (Wildman–Crippen LogP) is 4.42. The number of carbonyl (C=O) groups is 1. The van der Waals surface area contributed by atoms with E-state index in [2.05, 4.69) is 4.98 Å². The largest absolute Gasteiger partial charge is 0.505 e. The first-order chi connectivity index (χ1) is 11.7. The summed E-state index contributed by atoms with van der Waals surface area (Å²) in [6.45, 7) is 6.03. The zero-order valence-electron chi connectivity index (χ0n) is 14.8. The molecule has 0 saturated heterocycles. The Hall–Kier alpha value is -2.30. The zero-order valence-corrected chi connectivity index (χ0v) is 14.8. The van der Waals surface area contributed by atoms with Gasteiger partial charge in [-0.15, -0.1) is 0 Å². The van der Waals surface area contributed by atoms with Gasteiger partial charge in [0.05, 0.1) is 13.7 Å². The molecular formula is C19H25NO4. The van der Waals surface area contributed by atoms with Crippen molar-refractivity contribution >= 4 is 16.9 Å². The van der Waals surface area contributed by atoms with Crippen LogP contribution >= 0.6 is 0 Å². The van der Waals surface area contributed by atoms with E-state index in [0.717, 1.165) is 18.4 Å². The molecule has 0 bridgehead atoms. The lowest BCUT2D eigenvalue weighted by molar-refractivity contribution is 0.0522. The van der Waals surface area contributed by atoms with Crippen LogP contribution in [0.4, 0.5) is 0 Å². The van der Waals surface area contributed by atoms with Crippen molar-refractivity contribution in [2.45, 2.75) is 46.0 Å². The first-order valence-corrected chi connectivity index (χ1v) is 8.53. The SMILES string of the molecule is CC.CCOC(=O)c1cc2ccc(C3CCC3)c(O)c2nc1OC. The van der Waals surface area contributed by atoms with E-state index in [1.165, 1.54) is 13.5 Å². The van der Waals surface area contributed by atoms with E-state index in [1.54, 1.807) is 13.0 Å². The molecule has 1 aromatic carbocycles. The number of ether oxygens (including phenoxy) is 2. The van der Waals surface area contributed by atoms with Gasteiger partial charge >= 0.3 is 5.97 Å². The highest BCUT2D eigenvalue weighted by Crippen LogP contribution is 2.43. The average Bonchev–Trinajstić information content (AvgIpc) is 2.57. The highest BCUT2D eigenvalue weighted by atomic mass is 16.5. The number of benzene rings is 1. The van der Waals surface area contributed by atoms with Crippen molar-refractivity contribution in [2.75, 3.05) is 13.7 Å². The van der Waals surface area contributed by atoms with Crippen LogP contribution in [0.5, 0.6) is 11.6 Å². The van der Waals surface area contributed by atoms with Gasteiger partial charge in [0.25, 0.3) is 0 Å². The van der Waals surface area contributed by atoms with Gasteiger partial charge in [0.15, 0.2) is 0 Å². The molecule has 5 heteroatoms. The molecule has 1 aromatic heterocycles. The van der Waals surface area contributed by atoms with Gasteiger partial charge in [-0.25, -0.2) is 9.78 Å². The Morgan fingerprint density at radius 1 is 1.33 bits per heavy atom. The Labute approximate surface area is 142 Å². The van der Waals surface area contributed by atoms with E-state index in [-0.39, 0.29) is 23.8 Å². The van der Waals surface area contributed by atoms with Crippen molar-refractivity contribution in [1.82, 2.24) is 4.98 Å². The van der Waals surface area contributed by atoms with Crippen LogP contribution in [0.15, 0.2) is 18.2 Å². The minimum absolute atomic E-state index is 0.173. The molecule has 5 nitrogen and oxygen atoms in total. The summed E-state index contributed by atoms with van der Waals surface area (Å²) < 4.78 is 10.2. The normalized spacial score (nSPS) is 13.7. The second kappa shape index (κ2) is 7.99. The Morgan fingerprint density at radius 3 is 2.58 bits per heavy atom. The molecule has 0 spiro atoms. The summed E-state index contributed by atoms with van der Waals surface area (Å²) >= 11 is 0. The number of aromatic hydroxyl groups is 1.